The van der Waals surface area contributed by atoms with E-state index in [1.54, 1.807) is 19.9 Å². The van der Waals surface area contributed by atoms with Crippen molar-refractivity contribution >= 4 is 23.6 Å². The summed E-state index contributed by atoms with van der Waals surface area (Å²) in [7, 11) is 0. The van der Waals surface area contributed by atoms with Gasteiger partial charge < -0.3 is 14.8 Å². The second-order valence-corrected chi connectivity index (χ2v) is 5.62. The standard InChI is InChI=1S/C12H15NO4S/c1-7-5-8(2)17-9(7)10(14)13-12(11(15)16)3-4-18-6-12/h5H,3-4,6H2,1-2H3,(H,13,14)(H,15,16). The largest absolute Gasteiger partial charge is 0.479 e. The number of amides is 1. The fraction of sp³-hybridized carbons (Fsp3) is 0.500. The first kappa shape index (κ1) is 13.0. The van der Waals surface area contributed by atoms with E-state index in [4.69, 9.17) is 4.42 Å². The minimum absolute atomic E-state index is 0.199. The first-order valence-corrected chi connectivity index (χ1v) is 6.81. The van der Waals surface area contributed by atoms with E-state index in [2.05, 4.69) is 5.32 Å². The Morgan fingerprint density at radius 2 is 2.22 bits per heavy atom. The molecule has 6 heteroatoms. The molecule has 2 rings (SSSR count). The van der Waals surface area contributed by atoms with Crippen LogP contribution in [-0.2, 0) is 4.79 Å². The van der Waals surface area contributed by atoms with Crippen molar-refractivity contribution in [3.8, 4) is 0 Å². The van der Waals surface area contributed by atoms with Crippen LogP contribution >= 0.6 is 11.8 Å². The molecule has 1 aromatic heterocycles. The molecule has 0 aliphatic carbocycles. The number of carboxylic acid groups (broad SMARTS) is 1. The van der Waals surface area contributed by atoms with Gasteiger partial charge in [-0.15, -0.1) is 0 Å². The number of rotatable bonds is 3. The van der Waals surface area contributed by atoms with Gasteiger partial charge in [0.25, 0.3) is 5.91 Å². The summed E-state index contributed by atoms with van der Waals surface area (Å²) in [6, 6.07) is 1.76. The fourth-order valence-corrected chi connectivity index (χ4v) is 3.35. The van der Waals surface area contributed by atoms with E-state index in [0.717, 1.165) is 11.3 Å². The predicted octanol–water partition coefficient (Wildman–Crippen LogP) is 1.59. The molecule has 0 spiro atoms. The Hall–Kier alpha value is -1.43. The number of aryl methyl sites for hydroxylation is 2. The third-order valence-corrected chi connectivity index (χ3v) is 4.22. The van der Waals surface area contributed by atoms with Gasteiger partial charge in [-0.2, -0.15) is 11.8 Å². The summed E-state index contributed by atoms with van der Waals surface area (Å²) in [5.74, 6) is 0.537. The lowest BCUT2D eigenvalue weighted by molar-refractivity contribution is -0.143. The van der Waals surface area contributed by atoms with Crippen molar-refractivity contribution in [3.05, 3.63) is 23.2 Å². The van der Waals surface area contributed by atoms with E-state index in [-0.39, 0.29) is 5.76 Å². The Bertz CT molecular complexity index is 488. The summed E-state index contributed by atoms with van der Waals surface area (Å²) in [4.78, 5) is 23.4. The highest BCUT2D eigenvalue weighted by Crippen LogP contribution is 2.29. The van der Waals surface area contributed by atoms with Crippen molar-refractivity contribution in [1.82, 2.24) is 5.32 Å². The maximum absolute atomic E-state index is 12.1. The van der Waals surface area contributed by atoms with Crippen LogP contribution < -0.4 is 5.32 Å². The molecule has 1 aliphatic rings. The van der Waals surface area contributed by atoms with Crippen molar-refractivity contribution in [2.45, 2.75) is 25.8 Å². The lowest BCUT2D eigenvalue weighted by Crippen LogP contribution is -2.54. The maximum Gasteiger partial charge on any atom is 0.330 e. The molecule has 18 heavy (non-hydrogen) atoms. The third kappa shape index (κ3) is 2.25. The SMILES string of the molecule is Cc1cc(C)c(C(=O)NC2(C(=O)O)CCSC2)o1. The van der Waals surface area contributed by atoms with Crippen LogP contribution in [0.1, 0.15) is 28.3 Å². The first-order chi connectivity index (χ1) is 8.44. The van der Waals surface area contributed by atoms with E-state index in [0.29, 0.717) is 17.9 Å². The van der Waals surface area contributed by atoms with Gasteiger partial charge in [-0.25, -0.2) is 4.79 Å². The maximum atomic E-state index is 12.1. The highest BCUT2D eigenvalue weighted by molar-refractivity contribution is 7.99. The molecule has 1 unspecified atom stereocenters. The lowest BCUT2D eigenvalue weighted by Gasteiger charge is -2.24. The zero-order valence-electron chi connectivity index (χ0n) is 10.3. The molecule has 2 heterocycles. The number of carboxylic acids is 1. The van der Waals surface area contributed by atoms with Gasteiger partial charge in [-0.3, -0.25) is 4.79 Å². The van der Waals surface area contributed by atoms with Crippen molar-refractivity contribution in [1.29, 1.82) is 0 Å². The average molecular weight is 269 g/mol. The van der Waals surface area contributed by atoms with Crippen molar-refractivity contribution in [2.75, 3.05) is 11.5 Å². The van der Waals surface area contributed by atoms with Crippen molar-refractivity contribution in [2.24, 2.45) is 0 Å². The molecule has 0 saturated carbocycles. The molecule has 1 amide bonds. The smallest absolute Gasteiger partial charge is 0.330 e. The summed E-state index contributed by atoms with van der Waals surface area (Å²) in [5, 5.41) is 11.9. The van der Waals surface area contributed by atoms with Gasteiger partial charge in [0.05, 0.1) is 0 Å². The zero-order chi connectivity index (χ0) is 13.3. The summed E-state index contributed by atoms with van der Waals surface area (Å²) in [6.45, 7) is 3.52. The second-order valence-electron chi connectivity index (χ2n) is 4.51. The van der Waals surface area contributed by atoms with Crippen LogP contribution in [0.25, 0.3) is 0 Å². The summed E-state index contributed by atoms with van der Waals surface area (Å²) in [5.41, 5.74) is -0.439. The van der Waals surface area contributed by atoms with Gasteiger partial charge in [0.1, 0.15) is 11.3 Å². The molecule has 0 bridgehead atoms. The Labute approximate surface area is 109 Å². The molecule has 1 aromatic rings. The quantitative estimate of drug-likeness (QED) is 0.871. The van der Waals surface area contributed by atoms with Gasteiger partial charge in [0, 0.05) is 11.3 Å². The first-order valence-electron chi connectivity index (χ1n) is 5.65. The van der Waals surface area contributed by atoms with E-state index >= 15 is 0 Å². The number of hydrogen-bond acceptors (Lipinski definition) is 4. The number of aliphatic carboxylic acids is 1. The molecule has 5 nitrogen and oxygen atoms in total. The molecule has 1 fully saturated rings. The fourth-order valence-electron chi connectivity index (χ4n) is 2.03. The van der Waals surface area contributed by atoms with Crippen molar-refractivity contribution in [3.63, 3.8) is 0 Å². The second kappa shape index (κ2) is 4.68. The van der Waals surface area contributed by atoms with Crippen LogP contribution in [0.3, 0.4) is 0 Å². The van der Waals surface area contributed by atoms with Crippen LogP contribution in [0.2, 0.25) is 0 Å². The van der Waals surface area contributed by atoms with E-state index in [9.17, 15) is 14.7 Å². The highest BCUT2D eigenvalue weighted by Gasteiger charge is 2.44. The number of nitrogens with one attached hydrogen (secondary N) is 1. The van der Waals surface area contributed by atoms with Gasteiger partial charge >= 0.3 is 5.97 Å². The summed E-state index contributed by atoms with van der Waals surface area (Å²) in [6.07, 6.45) is 0.442. The van der Waals surface area contributed by atoms with Crippen LogP contribution in [0, 0.1) is 13.8 Å². The molecule has 1 saturated heterocycles. The normalized spacial score (nSPS) is 23.0. The van der Waals surface area contributed by atoms with E-state index in [1.807, 2.05) is 0 Å². The molecule has 0 aromatic carbocycles. The highest BCUT2D eigenvalue weighted by atomic mass is 32.2. The predicted molar refractivity (Wildman–Crippen MR) is 68.0 cm³/mol. The minimum Gasteiger partial charge on any atom is -0.479 e. The van der Waals surface area contributed by atoms with Gasteiger partial charge in [0.15, 0.2) is 5.76 Å². The van der Waals surface area contributed by atoms with Crippen LogP contribution in [0.4, 0.5) is 0 Å². The Kier molecular flexibility index (Phi) is 3.38. The number of furan rings is 1. The van der Waals surface area contributed by atoms with Gasteiger partial charge in [-0.1, -0.05) is 0 Å². The van der Waals surface area contributed by atoms with E-state index < -0.39 is 17.4 Å². The van der Waals surface area contributed by atoms with Crippen LogP contribution in [-0.4, -0.2) is 34.0 Å². The lowest BCUT2D eigenvalue weighted by atomic mass is 9.99. The molecule has 2 N–H and O–H groups in total. The average Bonchev–Trinajstić information content (AvgIpc) is 2.86. The monoisotopic (exact) mass is 269 g/mol. The molecular weight excluding hydrogens is 254 g/mol. The Morgan fingerprint density at radius 1 is 1.50 bits per heavy atom. The van der Waals surface area contributed by atoms with Gasteiger partial charge in [-0.05, 0) is 32.1 Å². The molecular formula is C12H15NO4S. The summed E-state index contributed by atoms with van der Waals surface area (Å²) >= 11 is 1.53. The zero-order valence-corrected chi connectivity index (χ0v) is 11.1. The summed E-state index contributed by atoms with van der Waals surface area (Å²) < 4.78 is 5.30. The number of hydrogen-bond donors (Lipinski definition) is 2. The number of carbonyl (C=O) groups is 2. The van der Waals surface area contributed by atoms with Crippen LogP contribution in [0.5, 0.6) is 0 Å². The Morgan fingerprint density at radius 3 is 2.67 bits per heavy atom. The van der Waals surface area contributed by atoms with Crippen LogP contribution in [0.15, 0.2) is 10.5 Å². The van der Waals surface area contributed by atoms with Gasteiger partial charge in [0.2, 0.25) is 0 Å². The molecule has 0 radical (unpaired) electrons. The van der Waals surface area contributed by atoms with E-state index in [1.165, 1.54) is 11.8 Å². The molecule has 1 aliphatic heterocycles. The number of carbonyl (C=O) groups excluding carboxylic acids is 1. The minimum atomic E-state index is -1.16. The third-order valence-electron chi connectivity index (χ3n) is 3.03. The molecule has 98 valence electrons. The number of thioether (sulfide) groups is 1. The Balaban J connectivity index is 2.20. The topological polar surface area (TPSA) is 79.5 Å². The molecule has 1 atom stereocenters. The van der Waals surface area contributed by atoms with Crippen molar-refractivity contribution < 1.29 is 19.1 Å².